The second kappa shape index (κ2) is 8.61. The lowest BCUT2D eigenvalue weighted by Crippen LogP contribution is -2.47. The maximum Gasteiger partial charge on any atom is 0.315 e. The minimum absolute atomic E-state index is 0.104. The van der Waals surface area contributed by atoms with Gasteiger partial charge < -0.3 is 15.1 Å². The first kappa shape index (κ1) is 19.4. The van der Waals surface area contributed by atoms with Gasteiger partial charge in [-0.25, -0.2) is 13.6 Å². The zero-order valence-electron chi connectivity index (χ0n) is 16.0. The summed E-state index contributed by atoms with van der Waals surface area (Å²) >= 11 is 0. The average Bonchev–Trinajstić information content (AvgIpc) is 3.19. The SMILES string of the molecule is O=C(NCc1ccc2occc2c1)NC1CCN(Cc2ccc(F)c(F)c2)CC1. The third-order valence-corrected chi connectivity index (χ3v) is 5.28. The quantitative estimate of drug-likeness (QED) is 0.677. The summed E-state index contributed by atoms with van der Waals surface area (Å²) in [7, 11) is 0. The summed E-state index contributed by atoms with van der Waals surface area (Å²) in [4.78, 5) is 14.4. The molecule has 2 aromatic carbocycles. The number of piperidine rings is 1. The highest BCUT2D eigenvalue weighted by atomic mass is 19.2. The molecule has 152 valence electrons. The average molecular weight is 399 g/mol. The number of furan rings is 1. The van der Waals surface area contributed by atoms with Crippen molar-refractivity contribution in [2.75, 3.05) is 13.1 Å². The van der Waals surface area contributed by atoms with Gasteiger partial charge in [0, 0.05) is 37.6 Å². The number of urea groups is 1. The minimum atomic E-state index is -0.827. The second-order valence-corrected chi connectivity index (χ2v) is 7.42. The molecule has 1 fully saturated rings. The van der Waals surface area contributed by atoms with Gasteiger partial charge in [-0.05, 0) is 54.3 Å². The van der Waals surface area contributed by atoms with Crippen LogP contribution >= 0.6 is 0 Å². The van der Waals surface area contributed by atoms with Crippen LogP contribution in [-0.4, -0.2) is 30.1 Å². The molecule has 0 aliphatic carbocycles. The Kier molecular flexibility index (Phi) is 5.76. The molecular weight excluding hydrogens is 376 g/mol. The molecule has 2 amide bonds. The van der Waals surface area contributed by atoms with Crippen molar-refractivity contribution in [2.24, 2.45) is 0 Å². The number of halogens is 2. The molecule has 1 aliphatic rings. The number of hydrogen-bond acceptors (Lipinski definition) is 3. The van der Waals surface area contributed by atoms with Gasteiger partial charge in [0.1, 0.15) is 5.58 Å². The first-order valence-electron chi connectivity index (χ1n) is 9.73. The summed E-state index contributed by atoms with van der Waals surface area (Å²) in [5, 5.41) is 6.92. The van der Waals surface area contributed by atoms with E-state index in [1.807, 2.05) is 24.3 Å². The zero-order chi connectivity index (χ0) is 20.2. The summed E-state index contributed by atoms with van der Waals surface area (Å²) in [6, 6.07) is 11.7. The molecule has 3 aromatic rings. The first-order chi connectivity index (χ1) is 14.1. The van der Waals surface area contributed by atoms with Gasteiger partial charge in [-0.15, -0.1) is 0 Å². The van der Waals surface area contributed by atoms with E-state index in [0.717, 1.165) is 54.1 Å². The van der Waals surface area contributed by atoms with Crippen LogP contribution in [0.3, 0.4) is 0 Å². The lowest BCUT2D eigenvalue weighted by Gasteiger charge is -2.32. The molecule has 1 saturated heterocycles. The van der Waals surface area contributed by atoms with Crippen molar-refractivity contribution < 1.29 is 18.0 Å². The summed E-state index contributed by atoms with van der Waals surface area (Å²) in [6.45, 7) is 2.61. The van der Waals surface area contributed by atoms with Crippen molar-refractivity contribution in [3.05, 3.63) is 71.5 Å². The monoisotopic (exact) mass is 399 g/mol. The van der Waals surface area contributed by atoms with E-state index in [-0.39, 0.29) is 12.1 Å². The summed E-state index contributed by atoms with van der Waals surface area (Å²) in [5.74, 6) is -1.64. The van der Waals surface area contributed by atoms with E-state index in [1.54, 1.807) is 12.3 Å². The van der Waals surface area contributed by atoms with Crippen LogP contribution in [0.2, 0.25) is 0 Å². The Morgan fingerprint density at radius 2 is 1.83 bits per heavy atom. The fourth-order valence-corrected chi connectivity index (χ4v) is 3.68. The molecule has 0 unspecified atom stereocenters. The Labute approximate surface area is 167 Å². The Hall–Kier alpha value is -2.93. The first-order valence-corrected chi connectivity index (χ1v) is 9.73. The number of fused-ring (bicyclic) bond motifs is 1. The number of amides is 2. The molecule has 4 rings (SSSR count). The predicted octanol–water partition coefficient (Wildman–Crippen LogP) is 4.17. The minimum Gasteiger partial charge on any atom is -0.464 e. The van der Waals surface area contributed by atoms with Crippen molar-refractivity contribution in [3.8, 4) is 0 Å². The fourth-order valence-electron chi connectivity index (χ4n) is 3.68. The normalized spacial score (nSPS) is 15.5. The van der Waals surface area contributed by atoms with E-state index in [4.69, 9.17) is 4.42 Å². The number of benzene rings is 2. The molecule has 29 heavy (non-hydrogen) atoms. The standard InChI is InChI=1S/C22H23F2N3O2/c23-19-3-1-16(12-20(19)24)14-27-8-5-18(6-9-27)26-22(28)25-13-15-2-4-21-17(11-15)7-10-29-21/h1-4,7,10-12,18H,5-6,8-9,13-14H2,(H2,25,26,28). The lowest BCUT2D eigenvalue weighted by molar-refractivity contribution is 0.186. The molecule has 2 N–H and O–H groups in total. The van der Waals surface area contributed by atoms with Gasteiger partial charge in [0.05, 0.1) is 6.26 Å². The van der Waals surface area contributed by atoms with Gasteiger partial charge in [0.2, 0.25) is 0 Å². The molecule has 1 aromatic heterocycles. The van der Waals surface area contributed by atoms with Crippen LogP contribution in [0.25, 0.3) is 11.0 Å². The van der Waals surface area contributed by atoms with E-state index in [9.17, 15) is 13.6 Å². The highest BCUT2D eigenvalue weighted by Gasteiger charge is 2.21. The third kappa shape index (κ3) is 4.92. The van der Waals surface area contributed by atoms with Crippen molar-refractivity contribution in [2.45, 2.75) is 32.0 Å². The van der Waals surface area contributed by atoms with Gasteiger partial charge in [0.25, 0.3) is 0 Å². The number of rotatable bonds is 5. The fraction of sp³-hybridized carbons (Fsp3) is 0.318. The van der Waals surface area contributed by atoms with E-state index in [2.05, 4.69) is 15.5 Å². The summed E-state index contributed by atoms with van der Waals surface area (Å²) in [6.07, 6.45) is 3.28. The molecule has 0 saturated carbocycles. The van der Waals surface area contributed by atoms with E-state index in [1.165, 1.54) is 6.07 Å². The van der Waals surface area contributed by atoms with Crippen LogP contribution in [0.1, 0.15) is 24.0 Å². The number of carbonyl (C=O) groups is 1. The zero-order valence-corrected chi connectivity index (χ0v) is 16.0. The van der Waals surface area contributed by atoms with Crippen LogP contribution < -0.4 is 10.6 Å². The van der Waals surface area contributed by atoms with Crippen molar-refractivity contribution in [3.63, 3.8) is 0 Å². The van der Waals surface area contributed by atoms with E-state index >= 15 is 0 Å². The Bertz CT molecular complexity index is 997. The number of carbonyl (C=O) groups excluding carboxylic acids is 1. The molecule has 0 bridgehead atoms. The van der Waals surface area contributed by atoms with Crippen molar-refractivity contribution in [1.82, 2.24) is 15.5 Å². The van der Waals surface area contributed by atoms with Crippen molar-refractivity contribution >= 4 is 17.0 Å². The molecule has 1 aliphatic heterocycles. The van der Waals surface area contributed by atoms with Crippen LogP contribution in [0.5, 0.6) is 0 Å². The summed E-state index contributed by atoms with van der Waals surface area (Å²) in [5.41, 5.74) is 2.59. The Balaban J connectivity index is 1.20. The number of likely N-dealkylation sites (tertiary alicyclic amines) is 1. The predicted molar refractivity (Wildman–Crippen MR) is 106 cm³/mol. The maximum absolute atomic E-state index is 13.3. The molecule has 0 spiro atoms. The van der Waals surface area contributed by atoms with Crippen LogP contribution in [0.4, 0.5) is 13.6 Å². The van der Waals surface area contributed by atoms with Gasteiger partial charge in [-0.3, -0.25) is 4.90 Å². The van der Waals surface area contributed by atoms with Crippen LogP contribution in [0.15, 0.2) is 53.1 Å². The molecule has 0 radical (unpaired) electrons. The van der Waals surface area contributed by atoms with Crippen LogP contribution in [-0.2, 0) is 13.1 Å². The number of hydrogen-bond donors (Lipinski definition) is 2. The second-order valence-electron chi connectivity index (χ2n) is 7.42. The molecule has 2 heterocycles. The highest BCUT2D eigenvalue weighted by molar-refractivity contribution is 5.78. The van der Waals surface area contributed by atoms with Gasteiger partial charge >= 0.3 is 6.03 Å². The van der Waals surface area contributed by atoms with Crippen LogP contribution in [0, 0.1) is 11.6 Å². The number of nitrogens with zero attached hydrogens (tertiary/aromatic N) is 1. The van der Waals surface area contributed by atoms with Gasteiger partial charge in [-0.1, -0.05) is 12.1 Å². The maximum atomic E-state index is 13.3. The smallest absolute Gasteiger partial charge is 0.315 e. The Morgan fingerprint density at radius 3 is 2.62 bits per heavy atom. The number of nitrogens with one attached hydrogen (secondary N) is 2. The lowest BCUT2D eigenvalue weighted by atomic mass is 10.0. The van der Waals surface area contributed by atoms with E-state index in [0.29, 0.717) is 13.1 Å². The summed E-state index contributed by atoms with van der Waals surface area (Å²) < 4.78 is 31.7. The van der Waals surface area contributed by atoms with Gasteiger partial charge in [-0.2, -0.15) is 0 Å². The third-order valence-electron chi connectivity index (χ3n) is 5.28. The molecular formula is C22H23F2N3O2. The van der Waals surface area contributed by atoms with Gasteiger partial charge in [0.15, 0.2) is 11.6 Å². The molecule has 0 atom stereocenters. The largest absolute Gasteiger partial charge is 0.464 e. The topological polar surface area (TPSA) is 57.5 Å². The molecule has 7 heteroatoms. The van der Waals surface area contributed by atoms with Crippen molar-refractivity contribution in [1.29, 1.82) is 0 Å². The molecule has 5 nitrogen and oxygen atoms in total. The Morgan fingerprint density at radius 1 is 1.03 bits per heavy atom. The highest BCUT2D eigenvalue weighted by Crippen LogP contribution is 2.17. The van der Waals surface area contributed by atoms with E-state index < -0.39 is 11.6 Å².